The number of aryl methyl sites for hydroxylation is 1. The van der Waals surface area contributed by atoms with Crippen LogP contribution in [0.2, 0.25) is 0 Å². The van der Waals surface area contributed by atoms with Crippen molar-refractivity contribution in [2.75, 3.05) is 0 Å². The number of carboxylic acids is 1. The molecule has 2 heterocycles. The summed E-state index contributed by atoms with van der Waals surface area (Å²) in [6.07, 6.45) is 0. The zero-order valence-electron chi connectivity index (χ0n) is 10.4. The van der Waals surface area contributed by atoms with E-state index in [-0.39, 0.29) is 11.3 Å². The maximum Gasteiger partial charge on any atom is 0.343 e. The lowest BCUT2D eigenvalue weighted by Gasteiger charge is -2.04. The van der Waals surface area contributed by atoms with Crippen molar-refractivity contribution in [3.63, 3.8) is 0 Å². The first-order chi connectivity index (χ1) is 9.02. The molecule has 7 nitrogen and oxygen atoms in total. The molecular weight excluding hydrogens is 268 g/mol. The fourth-order valence-corrected chi connectivity index (χ4v) is 2.49. The second-order valence-electron chi connectivity index (χ2n) is 3.75. The van der Waals surface area contributed by atoms with E-state index in [1.165, 1.54) is 22.4 Å². The molecule has 0 aromatic carbocycles. The lowest BCUT2D eigenvalue weighted by atomic mass is 10.2. The normalized spacial score (nSPS) is 10.6. The summed E-state index contributed by atoms with van der Waals surface area (Å²) in [6.45, 7) is 3.97. The van der Waals surface area contributed by atoms with E-state index in [1.54, 1.807) is 13.0 Å². The first-order valence-corrected chi connectivity index (χ1v) is 6.38. The minimum Gasteiger partial charge on any atom is -0.478 e. The quantitative estimate of drug-likeness (QED) is 0.871. The molecule has 100 valence electrons. The molecule has 0 atom stereocenters. The number of aromatic amines is 1. The molecule has 8 heteroatoms. The Morgan fingerprint density at radius 1 is 1.53 bits per heavy atom. The van der Waals surface area contributed by atoms with Crippen LogP contribution in [-0.2, 0) is 6.54 Å². The van der Waals surface area contributed by atoms with Crippen molar-refractivity contribution in [2.24, 2.45) is 0 Å². The van der Waals surface area contributed by atoms with Crippen LogP contribution in [0.5, 0.6) is 0 Å². The molecule has 2 rings (SSSR count). The molecule has 2 N–H and O–H groups in total. The monoisotopic (exact) mass is 280 g/mol. The Morgan fingerprint density at radius 2 is 2.26 bits per heavy atom. The first kappa shape index (κ1) is 13.3. The van der Waals surface area contributed by atoms with Crippen molar-refractivity contribution in [3.8, 4) is 0 Å². The molecule has 0 aliphatic rings. The Labute approximate surface area is 112 Å². The number of H-pyrrole nitrogens is 1. The van der Waals surface area contributed by atoms with Crippen LogP contribution in [-0.4, -0.2) is 30.8 Å². The third-order valence-corrected chi connectivity index (χ3v) is 3.46. The molecule has 0 fully saturated rings. The van der Waals surface area contributed by atoms with Gasteiger partial charge in [0.05, 0.1) is 11.3 Å². The van der Waals surface area contributed by atoms with Crippen molar-refractivity contribution >= 4 is 17.7 Å². The molecule has 0 saturated heterocycles. The molecule has 0 aliphatic heterocycles. The van der Waals surface area contributed by atoms with Crippen LogP contribution >= 0.6 is 11.8 Å². The maximum absolute atomic E-state index is 11.4. The van der Waals surface area contributed by atoms with Gasteiger partial charge in [0, 0.05) is 6.54 Å². The van der Waals surface area contributed by atoms with E-state index >= 15 is 0 Å². The van der Waals surface area contributed by atoms with Crippen molar-refractivity contribution in [1.82, 2.24) is 19.7 Å². The van der Waals surface area contributed by atoms with Crippen LogP contribution in [0.3, 0.4) is 0 Å². The van der Waals surface area contributed by atoms with Crippen LogP contribution in [0.15, 0.2) is 27.1 Å². The largest absolute Gasteiger partial charge is 0.478 e. The van der Waals surface area contributed by atoms with Gasteiger partial charge in [-0.3, -0.25) is 4.57 Å². The van der Waals surface area contributed by atoms with Crippen LogP contribution in [0, 0.1) is 6.92 Å². The van der Waals surface area contributed by atoms with Gasteiger partial charge in [0.25, 0.3) is 0 Å². The van der Waals surface area contributed by atoms with E-state index in [1.807, 2.05) is 6.92 Å². The number of hydrogen-bond acceptors (Lipinski definition) is 5. The van der Waals surface area contributed by atoms with Crippen molar-refractivity contribution < 1.29 is 9.90 Å². The second-order valence-corrected chi connectivity index (χ2v) is 4.73. The molecule has 0 saturated carbocycles. The van der Waals surface area contributed by atoms with Gasteiger partial charge in [-0.1, -0.05) is 0 Å². The number of aromatic carboxylic acids is 1. The predicted octanol–water partition coefficient (Wildman–Crippen LogP) is 1.14. The van der Waals surface area contributed by atoms with E-state index in [0.29, 0.717) is 22.4 Å². The Bertz CT molecular complexity index is 677. The highest BCUT2D eigenvalue weighted by molar-refractivity contribution is 7.99. The number of carbonyl (C=O) groups is 1. The molecule has 0 radical (unpaired) electrons. The number of rotatable bonds is 4. The van der Waals surface area contributed by atoms with Crippen molar-refractivity contribution in [2.45, 2.75) is 30.6 Å². The van der Waals surface area contributed by atoms with E-state index in [2.05, 4.69) is 15.2 Å². The molecule has 2 aromatic rings. The van der Waals surface area contributed by atoms with Crippen molar-refractivity contribution in [1.29, 1.82) is 0 Å². The zero-order valence-corrected chi connectivity index (χ0v) is 11.2. The fourth-order valence-electron chi connectivity index (χ4n) is 1.57. The topological polar surface area (TPSA) is 101 Å². The molecule has 19 heavy (non-hydrogen) atoms. The maximum atomic E-state index is 11.4. The van der Waals surface area contributed by atoms with Gasteiger partial charge in [-0.2, -0.15) is 0 Å². The molecule has 2 aromatic heterocycles. The summed E-state index contributed by atoms with van der Waals surface area (Å²) in [7, 11) is 0. The van der Waals surface area contributed by atoms with Gasteiger partial charge in [-0.15, -0.1) is 5.10 Å². The number of pyridine rings is 1. The van der Waals surface area contributed by atoms with Crippen LogP contribution in [0.1, 0.15) is 23.0 Å². The average molecular weight is 280 g/mol. The van der Waals surface area contributed by atoms with Crippen LogP contribution in [0.4, 0.5) is 0 Å². The second kappa shape index (κ2) is 5.27. The summed E-state index contributed by atoms with van der Waals surface area (Å²) in [5, 5.41) is 16.3. The minimum absolute atomic E-state index is 0.166. The third-order valence-electron chi connectivity index (χ3n) is 2.53. The lowest BCUT2D eigenvalue weighted by Crippen LogP contribution is -2.16. The summed E-state index contributed by atoms with van der Waals surface area (Å²) >= 11 is 1.21. The Hall–Kier alpha value is -2.09. The van der Waals surface area contributed by atoms with E-state index < -0.39 is 5.97 Å². The molecule has 0 spiro atoms. The fraction of sp³-hybridized carbons (Fsp3) is 0.273. The van der Waals surface area contributed by atoms with Gasteiger partial charge >= 0.3 is 11.7 Å². The third kappa shape index (κ3) is 2.68. The summed E-state index contributed by atoms with van der Waals surface area (Å²) in [5.41, 5.74) is 0.321. The molecule has 0 unspecified atom stereocenters. The van der Waals surface area contributed by atoms with Crippen molar-refractivity contribution in [3.05, 3.63) is 33.9 Å². The summed E-state index contributed by atoms with van der Waals surface area (Å²) in [4.78, 5) is 26.5. The smallest absolute Gasteiger partial charge is 0.343 e. The van der Waals surface area contributed by atoms with Crippen LogP contribution in [0.25, 0.3) is 0 Å². The number of nitrogens with zero attached hydrogens (tertiary/aromatic N) is 3. The average Bonchev–Trinajstić information content (AvgIpc) is 2.69. The molecular formula is C11H12N4O3S. The molecule has 0 bridgehead atoms. The molecule has 0 amide bonds. The Morgan fingerprint density at radius 3 is 2.84 bits per heavy atom. The number of hydrogen-bond donors (Lipinski definition) is 2. The standard InChI is InChI=1S/C11H12N4O3S/c1-3-15-10(18)13-14-11(15)19-8-5-4-7(9(16)17)6(2)12-8/h4-5H,3H2,1-2H3,(H,13,18)(H,16,17). The number of carboxylic acid groups (broad SMARTS) is 1. The Balaban J connectivity index is 2.31. The van der Waals surface area contributed by atoms with Gasteiger partial charge in [-0.25, -0.2) is 19.7 Å². The van der Waals surface area contributed by atoms with Gasteiger partial charge in [0.2, 0.25) is 0 Å². The summed E-state index contributed by atoms with van der Waals surface area (Å²) < 4.78 is 1.48. The van der Waals surface area contributed by atoms with Gasteiger partial charge < -0.3 is 5.11 Å². The SMILES string of the molecule is CCn1c(Sc2ccc(C(=O)O)c(C)n2)n[nH]c1=O. The highest BCUT2D eigenvalue weighted by Crippen LogP contribution is 2.24. The highest BCUT2D eigenvalue weighted by atomic mass is 32.2. The lowest BCUT2D eigenvalue weighted by molar-refractivity contribution is 0.0695. The van der Waals surface area contributed by atoms with E-state index in [0.717, 1.165) is 0 Å². The van der Waals surface area contributed by atoms with E-state index in [4.69, 9.17) is 5.11 Å². The number of nitrogens with one attached hydrogen (secondary N) is 1. The Kier molecular flexibility index (Phi) is 3.70. The highest BCUT2D eigenvalue weighted by Gasteiger charge is 2.12. The number of aromatic nitrogens is 4. The van der Waals surface area contributed by atoms with Gasteiger partial charge in [-0.05, 0) is 37.7 Å². The first-order valence-electron chi connectivity index (χ1n) is 5.57. The van der Waals surface area contributed by atoms with Gasteiger partial charge in [0.1, 0.15) is 5.03 Å². The summed E-state index contributed by atoms with van der Waals surface area (Å²) in [6, 6.07) is 3.09. The van der Waals surface area contributed by atoms with E-state index in [9.17, 15) is 9.59 Å². The minimum atomic E-state index is -1.01. The van der Waals surface area contributed by atoms with Crippen LogP contribution < -0.4 is 5.69 Å². The predicted molar refractivity (Wildman–Crippen MR) is 68.6 cm³/mol. The summed E-state index contributed by atoms with van der Waals surface area (Å²) in [5.74, 6) is -1.01. The zero-order chi connectivity index (χ0) is 14.0. The van der Waals surface area contributed by atoms with Gasteiger partial charge in [0.15, 0.2) is 5.16 Å². The molecule has 0 aliphatic carbocycles.